The Morgan fingerprint density at radius 2 is 1.93 bits per heavy atom. The first-order chi connectivity index (χ1) is 13.0. The zero-order valence-corrected chi connectivity index (χ0v) is 17.6. The van der Waals surface area contributed by atoms with Gasteiger partial charge in [-0.3, -0.25) is 9.59 Å². The van der Waals surface area contributed by atoms with Gasteiger partial charge in [0.25, 0.3) is 0 Å². The van der Waals surface area contributed by atoms with Crippen LogP contribution >= 0.6 is 0 Å². The fourth-order valence-electron chi connectivity index (χ4n) is 6.46. The van der Waals surface area contributed by atoms with E-state index in [1.54, 1.807) is 6.92 Å². The molecule has 1 saturated carbocycles. The summed E-state index contributed by atoms with van der Waals surface area (Å²) in [6.07, 6.45) is 1.19. The van der Waals surface area contributed by atoms with Crippen LogP contribution in [0.5, 0.6) is 0 Å². The van der Waals surface area contributed by atoms with Crippen molar-refractivity contribution < 1.29 is 28.9 Å². The monoisotopic (exact) mass is 394 g/mol. The van der Waals surface area contributed by atoms with Crippen LogP contribution in [0.3, 0.4) is 0 Å². The highest BCUT2D eigenvalue weighted by molar-refractivity contribution is 5.88. The van der Waals surface area contributed by atoms with E-state index in [1.165, 1.54) is 6.92 Å². The van der Waals surface area contributed by atoms with Crippen molar-refractivity contribution in [3.63, 3.8) is 0 Å². The molecule has 0 aromatic rings. The average molecular weight is 395 g/mol. The van der Waals surface area contributed by atoms with Gasteiger partial charge in [-0.25, -0.2) is 0 Å². The van der Waals surface area contributed by atoms with E-state index in [0.717, 1.165) is 6.42 Å². The Labute approximate surface area is 167 Å². The average Bonchev–Trinajstić information content (AvgIpc) is 2.94. The summed E-state index contributed by atoms with van der Waals surface area (Å²) in [5, 5.41) is 11.0. The van der Waals surface area contributed by atoms with Crippen molar-refractivity contribution in [2.75, 3.05) is 6.61 Å². The molecular weight excluding hydrogens is 360 g/mol. The van der Waals surface area contributed by atoms with Crippen molar-refractivity contribution in [3.05, 3.63) is 0 Å². The van der Waals surface area contributed by atoms with Gasteiger partial charge in [0.1, 0.15) is 11.7 Å². The fourth-order valence-corrected chi connectivity index (χ4v) is 6.46. The summed E-state index contributed by atoms with van der Waals surface area (Å²) in [6, 6.07) is 0. The van der Waals surface area contributed by atoms with Gasteiger partial charge in [0.2, 0.25) is 0 Å². The second-order valence-electron chi connectivity index (χ2n) is 10.2. The zero-order chi connectivity index (χ0) is 20.4. The Morgan fingerprint density at radius 1 is 1.21 bits per heavy atom. The molecule has 28 heavy (non-hydrogen) atoms. The molecule has 0 amide bonds. The molecule has 10 atom stereocenters. The van der Waals surface area contributed by atoms with Gasteiger partial charge in [0.05, 0.1) is 24.4 Å². The quantitative estimate of drug-likeness (QED) is 0.688. The van der Waals surface area contributed by atoms with Crippen LogP contribution < -0.4 is 0 Å². The van der Waals surface area contributed by atoms with Gasteiger partial charge in [-0.05, 0) is 44.4 Å². The molecule has 1 unspecified atom stereocenters. The van der Waals surface area contributed by atoms with Crippen LogP contribution in [0, 0.1) is 29.6 Å². The minimum Gasteiger partial charge on any atom is -0.462 e. The van der Waals surface area contributed by atoms with Crippen molar-refractivity contribution in [2.24, 2.45) is 29.6 Å². The van der Waals surface area contributed by atoms with Crippen molar-refractivity contribution in [2.45, 2.75) is 89.8 Å². The van der Waals surface area contributed by atoms with E-state index in [9.17, 15) is 14.7 Å². The van der Waals surface area contributed by atoms with E-state index in [4.69, 9.17) is 14.2 Å². The number of rotatable bonds is 1. The maximum absolute atomic E-state index is 13.2. The standard InChI is InChI=1S/C22H34O6/c1-11-8-14-12(2)10-26-22(5)16(24)6-7-21(4,25)9-15-18(17(14)20(22)28-15)19(11)27-13(3)23/h11-12,14-15,17-20,25H,6-10H2,1-5H3/t11-,12+,14+,15?,17+,18+,19-,20+,21-,22+/m0/s1. The van der Waals surface area contributed by atoms with Crippen LogP contribution in [-0.2, 0) is 23.8 Å². The molecule has 3 heterocycles. The summed E-state index contributed by atoms with van der Waals surface area (Å²) in [7, 11) is 0. The molecule has 1 N–H and O–H groups in total. The lowest BCUT2D eigenvalue weighted by molar-refractivity contribution is -0.165. The topological polar surface area (TPSA) is 82.1 Å². The minimum absolute atomic E-state index is 0.00887. The number of esters is 1. The Kier molecular flexibility index (Phi) is 4.91. The molecule has 158 valence electrons. The second kappa shape index (κ2) is 6.78. The summed E-state index contributed by atoms with van der Waals surface area (Å²) in [5.74, 6) is 0.641. The van der Waals surface area contributed by atoms with Gasteiger partial charge in [0, 0.05) is 31.6 Å². The SMILES string of the molecule is CC(=O)O[C@@H]1[C@@H]2C3C[C@@](C)(O)CCC(=O)[C@@]4(C)OC[C@@H](C)[C@@H](C[C@@H]1C)[C@H]2[C@H]4O3. The molecule has 3 aliphatic heterocycles. The summed E-state index contributed by atoms with van der Waals surface area (Å²) in [5.41, 5.74) is -2.01. The Bertz CT molecular complexity index is 659. The first-order valence-corrected chi connectivity index (χ1v) is 10.8. The van der Waals surface area contributed by atoms with Crippen LogP contribution in [0.2, 0.25) is 0 Å². The van der Waals surface area contributed by atoms with E-state index in [2.05, 4.69) is 13.8 Å². The number of ether oxygens (including phenoxy) is 3. The molecule has 2 bridgehead atoms. The third kappa shape index (κ3) is 3.12. The van der Waals surface area contributed by atoms with E-state index >= 15 is 0 Å². The Balaban J connectivity index is 1.83. The summed E-state index contributed by atoms with van der Waals surface area (Å²) in [4.78, 5) is 25.1. The van der Waals surface area contributed by atoms with Crippen molar-refractivity contribution in [1.82, 2.24) is 0 Å². The third-order valence-electron chi connectivity index (χ3n) is 7.93. The van der Waals surface area contributed by atoms with E-state index in [1.807, 2.05) is 6.92 Å². The van der Waals surface area contributed by atoms with Crippen LogP contribution in [0.15, 0.2) is 0 Å². The number of hydrogen-bond donors (Lipinski definition) is 1. The summed E-state index contributed by atoms with van der Waals surface area (Å²) < 4.78 is 18.7. The molecule has 0 aromatic carbocycles. The maximum atomic E-state index is 13.2. The lowest BCUT2D eigenvalue weighted by Crippen LogP contribution is -2.55. The summed E-state index contributed by atoms with van der Waals surface area (Å²) >= 11 is 0. The maximum Gasteiger partial charge on any atom is 0.302 e. The molecule has 4 fully saturated rings. The van der Waals surface area contributed by atoms with Gasteiger partial charge in [0.15, 0.2) is 5.78 Å². The first-order valence-electron chi connectivity index (χ1n) is 10.8. The molecule has 6 nitrogen and oxygen atoms in total. The molecule has 3 saturated heterocycles. The van der Waals surface area contributed by atoms with Crippen LogP contribution in [-0.4, -0.2) is 53.0 Å². The third-order valence-corrected chi connectivity index (χ3v) is 7.93. The van der Waals surface area contributed by atoms with Gasteiger partial charge in [-0.1, -0.05) is 13.8 Å². The summed E-state index contributed by atoms with van der Waals surface area (Å²) in [6.45, 7) is 9.96. The second-order valence-corrected chi connectivity index (χ2v) is 10.2. The van der Waals surface area contributed by atoms with Crippen LogP contribution in [0.4, 0.5) is 0 Å². The van der Waals surface area contributed by atoms with Crippen LogP contribution in [0.1, 0.15) is 60.3 Å². The number of carbonyl (C=O) groups is 2. The van der Waals surface area contributed by atoms with Gasteiger partial charge in [-0.15, -0.1) is 0 Å². The van der Waals surface area contributed by atoms with Gasteiger partial charge < -0.3 is 19.3 Å². The van der Waals surface area contributed by atoms with Crippen molar-refractivity contribution in [3.8, 4) is 0 Å². The van der Waals surface area contributed by atoms with E-state index in [0.29, 0.717) is 31.3 Å². The minimum atomic E-state index is -1.01. The fraction of sp³-hybridized carbons (Fsp3) is 0.909. The molecular formula is C22H34O6. The van der Waals surface area contributed by atoms with E-state index in [-0.39, 0.29) is 54.2 Å². The number of aliphatic hydroxyl groups is 1. The highest BCUT2D eigenvalue weighted by Crippen LogP contribution is 2.57. The van der Waals surface area contributed by atoms with Crippen molar-refractivity contribution in [1.29, 1.82) is 0 Å². The normalized spacial score (nSPS) is 53.6. The van der Waals surface area contributed by atoms with Crippen LogP contribution in [0.25, 0.3) is 0 Å². The van der Waals surface area contributed by atoms with Crippen molar-refractivity contribution >= 4 is 11.8 Å². The van der Waals surface area contributed by atoms with Gasteiger partial charge >= 0.3 is 5.97 Å². The lowest BCUT2D eigenvalue weighted by Gasteiger charge is -2.46. The molecule has 0 aromatic heterocycles. The molecule has 1 aliphatic carbocycles. The smallest absolute Gasteiger partial charge is 0.302 e. The zero-order valence-electron chi connectivity index (χ0n) is 17.6. The number of fused-ring (bicyclic) bond motifs is 2. The molecule has 4 rings (SSSR count). The predicted octanol–water partition coefficient (Wildman–Crippen LogP) is 2.50. The number of Topliss-reactive ketones (excluding diaryl/α,β-unsaturated/α-hetero) is 1. The Hall–Kier alpha value is -0.980. The Morgan fingerprint density at radius 3 is 2.61 bits per heavy atom. The predicted molar refractivity (Wildman–Crippen MR) is 101 cm³/mol. The molecule has 0 radical (unpaired) electrons. The highest BCUT2D eigenvalue weighted by atomic mass is 16.6. The number of hydrogen-bond acceptors (Lipinski definition) is 6. The van der Waals surface area contributed by atoms with E-state index < -0.39 is 11.2 Å². The highest BCUT2D eigenvalue weighted by Gasteiger charge is 2.65. The number of carbonyl (C=O) groups excluding carboxylic acids is 2. The molecule has 0 spiro atoms. The van der Waals surface area contributed by atoms with Gasteiger partial charge in [-0.2, -0.15) is 0 Å². The lowest BCUT2D eigenvalue weighted by atomic mass is 9.59. The number of ketones is 1. The molecule has 4 aliphatic rings. The largest absolute Gasteiger partial charge is 0.462 e. The first kappa shape index (κ1) is 20.3. The molecule has 6 heteroatoms.